The summed E-state index contributed by atoms with van der Waals surface area (Å²) < 4.78 is 0. The third kappa shape index (κ3) is 7.62. The molecule has 0 heterocycles. The van der Waals surface area contributed by atoms with E-state index in [-0.39, 0.29) is 18.1 Å². The second kappa shape index (κ2) is 12.1. The highest BCUT2D eigenvalue weighted by Gasteiger charge is 2.43. The number of fused-ring (bicyclic) bond motifs is 1. The molecule has 0 unspecified atom stereocenters. The fourth-order valence-corrected chi connectivity index (χ4v) is 4.88. The van der Waals surface area contributed by atoms with E-state index in [0.717, 1.165) is 45.3 Å². The standard InChI is InChI=1S/C24H44N2O2/c1-5-6-7-18(2)14-21(27)8-9-22-23-16-19(15-20(23)17-24(22)28)10-11-25-12-13-26(3)4/h8-9,15,18,20-25,27-28H,5-7,10-14,16-17H2,1-4H3/b9-8+/t18-,20-,21+,22+,23-,24+/m0/s1. The van der Waals surface area contributed by atoms with Gasteiger partial charge in [0.15, 0.2) is 0 Å². The Morgan fingerprint density at radius 3 is 2.82 bits per heavy atom. The monoisotopic (exact) mass is 392 g/mol. The first-order valence-electron chi connectivity index (χ1n) is 11.5. The van der Waals surface area contributed by atoms with Crippen LogP contribution in [0.25, 0.3) is 0 Å². The van der Waals surface area contributed by atoms with E-state index in [9.17, 15) is 10.2 Å². The molecule has 6 atom stereocenters. The summed E-state index contributed by atoms with van der Waals surface area (Å²) in [7, 11) is 4.20. The van der Waals surface area contributed by atoms with Crippen LogP contribution in [0.4, 0.5) is 0 Å². The molecule has 2 rings (SSSR count). The van der Waals surface area contributed by atoms with Crippen molar-refractivity contribution in [3.05, 3.63) is 23.8 Å². The third-order valence-electron chi connectivity index (χ3n) is 6.56. The molecule has 2 aliphatic rings. The molecule has 0 spiro atoms. The number of rotatable bonds is 13. The number of aliphatic hydroxyl groups excluding tert-OH is 2. The van der Waals surface area contributed by atoms with Crippen LogP contribution in [-0.2, 0) is 0 Å². The quantitative estimate of drug-likeness (QED) is 0.331. The van der Waals surface area contributed by atoms with Crippen molar-refractivity contribution in [3.8, 4) is 0 Å². The summed E-state index contributed by atoms with van der Waals surface area (Å²) in [4.78, 5) is 2.20. The highest BCUT2D eigenvalue weighted by molar-refractivity contribution is 5.21. The van der Waals surface area contributed by atoms with Gasteiger partial charge >= 0.3 is 0 Å². The molecule has 4 nitrogen and oxygen atoms in total. The molecule has 0 amide bonds. The van der Waals surface area contributed by atoms with Gasteiger partial charge in [0.2, 0.25) is 0 Å². The van der Waals surface area contributed by atoms with Crippen molar-refractivity contribution in [3.63, 3.8) is 0 Å². The van der Waals surface area contributed by atoms with Crippen molar-refractivity contribution in [2.75, 3.05) is 33.7 Å². The molecule has 4 heteroatoms. The molecule has 0 aliphatic heterocycles. The summed E-state index contributed by atoms with van der Waals surface area (Å²) in [5.41, 5.74) is 1.55. The molecule has 0 aromatic heterocycles. The molecule has 1 saturated carbocycles. The van der Waals surface area contributed by atoms with Crippen LogP contribution >= 0.6 is 0 Å². The molecule has 2 aliphatic carbocycles. The third-order valence-corrected chi connectivity index (χ3v) is 6.56. The van der Waals surface area contributed by atoms with Gasteiger partial charge in [-0.2, -0.15) is 0 Å². The van der Waals surface area contributed by atoms with Gasteiger partial charge in [0.1, 0.15) is 0 Å². The first kappa shape index (κ1) is 23.6. The van der Waals surface area contributed by atoms with Crippen molar-refractivity contribution in [1.29, 1.82) is 0 Å². The van der Waals surface area contributed by atoms with Gasteiger partial charge in [-0.05, 0) is 64.1 Å². The Hall–Kier alpha value is -0.680. The van der Waals surface area contributed by atoms with Gasteiger partial charge in [0.05, 0.1) is 12.2 Å². The average Bonchev–Trinajstić information content (AvgIpc) is 3.14. The van der Waals surface area contributed by atoms with Gasteiger partial charge in [-0.3, -0.25) is 0 Å². The van der Waals surface area contributed by atoms with E-state index in [1.165, 1.54) is 19.3 Å². The Kier molecular flexibility index (Phi) is 10.2. The van der Waals surface area contributed by atoms with Crippen LogP contribution in [0, 0.1) is 23.7 Å². The molecule has 3 N–H and O–H groups in total. The lowest BCUT2D eigenvalue weighted by Crippen LogP contribution is -2.27. The fraction of sp³-hybridized carbons (Fsp3) is 0.833. The topological polar surface area (TPSA) is 55.7 Å². The highest BCUT2D eigenvalue weighted by Crippen LogP contribution is 2.47. The van der Waals surface area contributed by atoms with Gasteiger partial charge in [-0.25, -0.2) is 0 Å². The zero-order valence-electron chi connectivity index (χ0n) is 18.6. The predicted octanol–water partition coefficient (Wildman–Crippen LogP) is 3.60. The molecule has 162 valence electrons. The molecule has 0 aromatic carbocycles. The van der Waals surface area contributed by atoms with Crippen LogP contribution in [0.5, 0.6) is 0 Å². The molecular formula is C24H44N2O2. The Bertz CT molecular complexity index is 503. The van der Waals surface area contributed by atoms with Gasteiger partial charge in [0.25, 0.3) is 0 Å². The Morgan fingerprint density at radius 2 is 2.11 bits per heavy atom. The van der Waals surface area contributed by atoms with Crippen LogP contribution in [0.15, 0.2) is 23.8 Å². The van der Waals surface area contributed by atoms with E-state index >= 15 is 0 Å². The van der Waals surface area contributed by atoms with E-state index < -0.39 is 0 Å². The van der Waals surface area contributed by atoms with Crippen LogP contribution in [0.2, 0.25) is 0 Å². The second-order valence-electron chi connectivity index (χ2n) is 9.48. The number of unbranched alkanes of at least 4 members (excludes halogenated alkanes) is 1. The minimum Gasteiger partial charge on any atom is -0.392 e. The number of likely N-dealkylation sites (N-methyl/N-ethyl adjacent to an activating group) is 1. The molecule has 0 radical (unpaired) electrons. The maximum absolute atomic E-state index is 10.5. The van der Waals surface area contributed by atoms with E-state index in [1.807, 2.05) is 6.08 Å². The van der Waals surface area contributed by atoms with Crippen LogP contribution in [0.3, 0.4) is 0 Å². The van der Waals surface area contributed by atoms with Crippen molar-refractivity contribution in [2.45, 2.75) is 71.0 Å². The minimum absolute atomic E-state index is 0.195. The summed E-state index contributed by atoms with van der Waals surface area (Å²) >= 11 is 0. The molecule has 0 aromatic rings. The summed E-state index contributed by atoms with van der Waals surface area (Å²) in [5.74, 6) is 1.79. The summed E-state index contributed by atoms with van der Waals surface area (Å²) in [6, 6.07) is 0. The smallest absolute Gasteiger partial charge is 0.0723 e. The van der Waals surface area contributed by atoms with Crippen molar-refractivity contribution in [1.82, 2.24) is 10.2 Å². The number of nitrogens with zero attached hydrogens (tertiary/aromatic N) is 1. The van der Waals surface area contributed by atoms with Crippen LogP contribution in [-0.4, -0.2) is 61.1 Å². The summed E-state index contributed by atoms with van der Waals surface area (Å²) in [6.07, 6.45) is 13.4. The van der Waals surface area contributed by atoms with E-state index in [4.69, 9.17) is 0 Å². The van der Waals surface area contributed by atoms with Gasteiger partial charge in [-0.15, -0.1) is 0 Å². The Morgan fingerprint density at radius 1 is 1.32 bits per heavy atom. The molecule has 0 bridgehead atoms. The number of aliphatic hydroxyl groups is 2. The number of hydrogen-bond acceptors (Lipinski definition) is 4. The van der Waals surface area contributed by atoms with Crippen molar-refractivity contribution in [2.24, 2.45) is 23.7 Å². The number of hydrogen-bond donors (Lipinski definition) is 3. The first-order chi connectivity index (χ1) is 13.4. The Balaban J connectivity index is 1.75. The summed E-state index contributed by atoms with van der Waals surface area (Å²) in [5, 5.41) is 24.4. The van der Waals surface area contributed by atoms with Crippen LogP contribution in [0.1, 0.15) is 58.8 Å². The van der Waals surface area contributed by atoms with Crippen LogP contribution < -0.4 is 5.32 Å². The SMILES string of the molecule is CCCC[C@H](C)C[C@H](O)/C=C/[C@@H]1[C@H]2CC(CCNCCN(C)C)=C[C@H]2C[C@H]1O. The van der Waals surface area contributed by atoms with E-state index in [0.29, 0.717) is 17.8 Å². The highest BCUT2D eigenvalue weighted by atomic mass is 16.3. The minimum atomic E-state index is -0.382. The average molecular weight is 393 g/mol. The van der Waals surface area contributed by atoms with Gasteiger partial charge in [0, 0.05) is 19.0 Å². The zero-order chi connectivity index (χ0) is 20.5. The van der Waals surface area contributed by atoms with Crippen molar-refractivity contribution < 1.29 is 10.2 Å². The lowest BCUT2D eigenvalue weighted by atomic mass is 9.88. The second-order valence-corrected chi connectivity index (χ2v) is 9.48. The molecule has 28 heavy (non-hydrogen) atoms. The van der Waals surface area contributed by atoms with Gasteiger partial charge < -0.3 is 20.4 Å². The molecular weight excluding hydrogens is 348 g/mol. The maximum atomic E-state index is 10.5. The molecule has 0 saturated heterocycles. The predicted molar refractivity (Wildman–Crippen MR) is 118 cm³/mol. The fourth-order valence-electron chi connectivity index (χ4n) is 4.88. The maximum Gasteiger partial charge on any atom is 0.0723 e. The zero-order valence-corrected chi connectivity index (χ0v) is 18.6. The van der Waals surface area contributed by atoms with Crippen molar-refractivity contribution >= 4 is 0 Å². The number of allylic oxidation sites excluding steroid dienone is 1. The largest absolute Gasteiger partial charge is 0.392 e. The lowest BCUT2D eigenvalue weighted by molar-refractivity contribution is 0.139. The first-order valence-corrected chi connectivity index (χ1v) is 11.5. The molecule has 1 fully saturated rings. The van der Waals surface area contributed by atoms with E-state index in [1.54, 1.807) is 5.57 Å². The number of nitrogens with one attached hydrogen (secondary N) is 1. The Labute approximate surface area is 173 Å². The van der Waals surface area contributed by atoms with E-state index in [2.05, 4.69) is 50.3 Å². The lowest BCUT2D eigenvalue weighted by Gasteiger charge is -2.19. The normalized spacial score (nSPS) is 29.5. The van der Waals surface area contributed by atoms with Gasteiger partial charge in [-0.1, -0.05) is 56.9 Å². The summed E-state index contributed by atoms with van der Waals surface area (Å²) in [6.45, 7) is 7.59.